The van der Waals surface area contributed by atoms with Crippen molar-refractivity contribution in [2.75, 3.05) is 7.11 Å². The molecule has 0 aliphatic carbocycles. The minimum atomic E-state index is -0.145. The van der Waals surface area contributed by atoms with Gasteiger partial charge in [0.15, 0.2) is 0 Å². The molecule has 0 heterocycles. The Kier molecular flexibility index (Phi) is 5.86. The molecule has 0 aliphatic heterocycles. The van der Waals surface area contributed by atoms with Crippen LogP contribution in [0.1, 0.15) is 43.9 Å². The number of carbonyl (C=O) groups excluding carboxylic acids is 1. The number of carbonyl (C=O) groups is 1. The zero-order chi connectivity index (χ0) is 13.5. The summed E-state index contributed by atoms with van der Waals surface area (Å²) >= 11 is 0. The van der Waals surface area contributed by atoms with Gasteiger partial charge >= 0.3 is 5.97 Å². The van der Waals surface area contributed by atoms with Crippen LogP contribution in [0.15, 0.2) is 24.3 Å². The van der Waals surface area contributed by atoms with E-state index in [4.69, 9.17) is 5.73 Å². The molecular formula is C15H23NO2. The summed E-state index contributed by atoms with van der Waals surface area (Å²) in [6.45, 7) is 4.24. The molecule has 1 rings (SSSR count). The third-order valence-electron chi connectivity index (χ3n) is 3.16. The topological polar surface area (TPSA) is 52.3 Å². The first-order chi connectivity index (χ1) is 8.54. The Bertz CT molecular complexity index is 371. The van der Waals surface area contributed by atoms with Crippen molar-refractivity contribution in [3.8, 4) is 0 Å². The largest absolute Gasteiger partial charge is 0.469 e. The molecule has 1 unspecified atom stereocenters. The van der Waals surface area contributed by atoms with Crippen molar-refractivity contribution in [3.05, 3.63) is 35.4 Å². The minimum Gasteiger partial charge on any atom is -0.469 e. The van der Waals surface area contributed by atoms with Crippen molar-refractivity contribution in [1.82, 2.24) is 0 Å². The van der Waals surface area contributed by atoms with Crippen LogP contribution in [0.3, 0.4) is 0 Å². The molecule has 3 nitrogen and oxygen atoms in total. The fraction of sp³-hybridized carbons (Fsp3) is 0.533. The van der Waals surface area contributed by atoms with Crippen molar-refractivity contribution in [1.29, 1.82) is 0 Å². The number of aryl methyl sites for hydroxylation is 1. The van der Waals surface area contributed by atoms with Gasteiger partial charge in [0.2, 0.25) is 0 Å². The molecular weight excluding hydrogens is 226 g/mol. The molecule has 0 bridgehead atoms. The van der Waals surface area contributed by atoms with Gasteiger partial charge in [-0.15, -0.1) is 0 Å². The van der Waals surface area contributed by atoms with Gasteiger partial charge in [-0.05, 0) is 29.9 Å². The maximum absolute atomic E-state index is 11.0. The maximum atomic E-state index is 11.0. The van der Waals surface area contributed by atoms with Gasteiger partial charge in [-0.25, -0.2) is 0 Å². The van der Waals surface area contributed by atoms with Gasteiger partial charge in [0.1, 0.15) is 0 Å². The van der Waals surface area contributed by atoms with E-state index < -0.39 is 0 Å². The summed E-state index contributed by atoms with van der Waals surface area (Å²) in [5, 5.41) is 0. The van der Waals surface area contributed by atoms with Crippen molar-refractivity contribution < 1.29 is 9.53 Å². The number of methoxy groups -OCH3 is 1. The molecule has 0 aromatic heterocycles. The predicted molar refractivity (Wildman–Crippen MR) is 73.2 cm³/mol. The van der Waals surface area contributed by atoms with Gasteiger partial charge in [0.25, 0.3) is 0 Å². The van der Waals surface area contributed by atoms with Gasteiger partial charge in [-0.1, -0.05) is 38.1 Å². The summed E-state index contributed by atoms with van der Waals surface area (Å²) in [5.74, 6) is 0.295. The van der Waals surface area contributed by atoms with Crippen molar-refractivity contribution >= 4 is 5.97 Å². The molecule has 0 amide bonds. The highest BCUT2D eigenvalue weighted by atomic mass is 16.5. The number of hydrogen-bond donors (Lipinski definition) is 1. The van der Waals surface area contributed by atoms with E-state index in [0.29, 0.717) is 12.3 Å². The summed E-state index contributed by atoms with van der Waals surface area (Å²) in [6, 6.07) is 8.44. The van der Waals surface area contributed by atoms with Crippen molar-refractivity contribution in [3.63, 3.8) is 0 Å². The number of rotatable bonds is 6. The van der Waals surface area contributed by atoms with Crippen LogP contribution in [0.2, 0.25) is 0 Å². The van der Waals surface area contributed by atoms with Crippen LogP contribution in [-0.2, 0) is 16.0 Å². The lowest BCUT2D eigenvalue weighted by Crippen LogP contribution is -2.16. The number of hydrogen-bond acceptors (Lipinski definition) is 3. The Labute approximate surface area is 109 Å². The maximum Gasteiger partial charge on any atom is 0.305 e. The molecule has 1 atom stereocenters. The lowest BCUT2D eigenvalue weighted by atomic mass is 9.95. The Morgan fingerprint density at radius 2 is 1.89 bits per heavy atom. The first-order valence-corrected chi connectivity index (χ1v) is 6.46. The second kappa shape index (κ2) is 7.17. The fourth-order valence-corrected chi connectivity index (χ4v) is 1.83. The minimum absolute atomic E-state index is 0.0918. The molecule has 2 N–H and O–H groups in total. The van der Waals surface area contributed by atoms with E-state index in [2.05, 4.69) is 42.8 Å². The number of esters is 1. The molecule has 0 saturated heterocycles. The highest BCUT2D eigenvalue weighted by Crippen LogP contribution is 2.19. The van der Waals surface area contributed by atoms with Crippen LogP contribution in [0.4, 0.5) is 0 Å². The fourth-order valence-electron chi connectivity index (χ4n) is 1.83. The molecule has 0 radical (unpaired) electrons. The van der Waals surface area contributed by atoms with Crippen molar-refractivity contribution in [2.45, 2.75) is 39.2 Å². The van der Waals surface area contributed by atoms with E-state index in [0.717, 1.165) is 12.8 Å². The predicted octanol–water partition coefficient (Wildman–Crippen LogP) is 2.84. The number of benzene rings is 1. The van der Waals surface area contributed by atoms with E-state index in [9.17, 15) is 4.79 Å². The molecule has 1 aromatic carbocycles. The number of nitrogens with two attached hydrogens (primary N) is 1. The smallest absolute Gasteiger partial charge is 0.305 e. The summed E-state index contributed by atoms with van der Waals surface area (Å²) < 4.78 is 4.61. The Morgan fingerprint density at radius 1 is 1.28 bits per heavy atom. The Morgan fingerprint density at radius 3 is 2.39 bits per heavy atom. The zero-order valence-corrected chi connectivity index (χ0v) is 11.5. The van der Waals surface area contributed by atoms with Gasteiger partial charge in [0, 0.05) is 12.5 Å². The zero-order valence-electron chi connectivity index (χ0n) is 11.5. The molecule has 1 aromatic rings. The molecule has 0 fully saturated rings. The van der Waals surface area contributed by atoms with Crippen LogP contribution in [-0.4, -0.2) is 13.1 Å². The second-order valence-electron chi connectivity index (χ2n) is 4.94. The highest BCUT2D eigenvalue weighted by Gasteiger charge is 2.09. The van der Waals surface area contributed by atoms with E-state index in [1.165, 1.54) is 18.2 Å². The van der Waals surface area contributed by atoms with E-state index >= 15 is 0 Å². The molecule has 100 valence electrons. The summed E-state index contributed by atoms with van der Waals surface area (Å²) in [6.07, 6.45) is 2.19. The van der Waals surface area contributed by atoms with Gasteiger partial charge in [-0.3, -0.25) is 4.79 Å². The lowest BCUT2D eigenvalue weighted by molar-refractivity contribution is -0.140. The van der Waals surface area contributed by atoms with Gasteiger partial charge in [-0.2, -0.15) is 0 Å². The van der Waals surface area contributed by atoms with E-state index in [1.54, 1.807) is 0 Å². The third-order valence-corrected chi connectivity index (χ3v) is 3.16. The summed E-state index contributed by atoms with van der Waals surface area (Å²) in [5.41, 5.74) is 8.49. The molecule has 18 heavy (non-hydrogen) atoms. The summed E-state index contributed by atoms with van der Waals surface area (Å²) in [4.78, 5) is 11.0. The first kappa shape index (κ1) is 14.7. The van der Waals surface area contributed by atoms with E-state index in [1.807, 2.05) is 0 Å². The molecule has 0 spiro atoms. The SMILES string of the molecule is COC(=O)CCCc1ccc(C(N)C(C)C)cc1. The average molecular weight is 249 g/mol. The standard InChI is InChI=1S/C15H23NO2/c1-11(2)15(16)13-9-7-12(8-10-13)5-4-6-14(17)18-3/h7-11,15H,4-6,16H2,1-3H3. The first-order valence-electron chi connectivity index (χ1n) is 6.46. The average Bonchev–Trinajstić information content (AvgIpc) is 2.38. The van der Waals surface area contributed by atoms with Crippen LogP contribution < -0.4 is 5.73 Å². The van der Waals surface area contributed by atoms with Crippen LogP contribution in [0, 0.1) is 5.92 Å². The second-order valence-corrected chi connectivity index (χ2v) is 4.94. The molecule has 0 aliphatic rings. The van der Waals surface area contributed by atoms with Gasteiger partial charge in [0.05, 0.1) is 7.11 Å². The monoisotopic (exact) mass is 249 g/mol. The van der Waals surface area contributed by atoms with Crippen LogP contribution in [0.25, 0.3) is 0 Å². The van der Waals surface area contributed by atoms with Crippen LogP contribution >= 0.6 is 0 Å². The van der Waals surface area contributed by atoms with Crippen LogP contribution in [0.5, 0.6) is 0 Å². The quantitative estimate of drug-likeness (QED) is 0.789. The Hall–Kier alpha value is -1.35. The molecule has 0 saturated carbocycles. The summed E-state index contributed by atoms with van der Waals surface area (Å²) in [7, 11) is 1.42. The normalized spacial score (nSPS) is 12.5. The lowest BCUT2D eigenvalue weighted by Gasteiger charge is -2.16. The molecule has 3 heteroatoms. The van der Waals surface area contributed by atoms with Gasteiger partial charge < -0.3 is 10.5 Å². The highest BCUT2D eigenvalue weighted by molar-refractivity contribution is 5.69. The Balaban J connectivity index is 2.48. The van der Waals surface area contributed by atoms with E-state index in [-0.39, 0.29) is 12.0 Å². The number of ether oxygens (including phenoxy) is 1. The third kappa shape index (κ3) is 4.49. The van der Waals surface area contributed by atoms with Crippen molar-refractivity contribution in [2.24, 2.45) is 11.7 Å².